The smallest absolute Gasteiger partial charge is 0.243 e. The molecular weight excluding hydrogens is 312 g/mol. The van der Waals surface area contributed by atoms with Crippen LogP contribution in [-0.4, -0.2) is 19.1 Å². The van der Waals surface area contributed by atoms with Crippen LogP contribution < -0.4 is 15.4 Å². The first-order valence-corrected chi connectivity index (χ1v) is 7.94. The molecule has 0 radical (unpaired) electrons. The standard InChI is InChI=1S/C18H21ClN2O2/c1-13(2)12-23-17-10-6-5-9-16(17)20-11-18(22)21-15-8-4-3-7-14(15)19/h3-10,13,20H,11-12H2,1-2H3,(H,21,22). The lowest BCUT2D eigenvalue weighted by molar-refractivity contribution is -0.114. The van der Waals surface area contributed by atoms with Crippen LogP contribution in [0.25, 0.3) is 0 Å². The van der Waals surface area contributed by atoms with E-state index in [-0.39, 0.29) is 12.5 Å². The third-order valence-corrected chi connectivity index (χ3v) is 3.38. The number of carbonyl (C=O) groups is 1. The van der Waals surface area contributed by atoms with E-state index < -0.39 is 0 Å². The van der Waals surface area contributed by atoms with Gasteiger partial charge in [-0.2, -0.15) is 0 Å². The molecule has 0 aliphatic heterocycles. The minimum Gasteiger partial charge on any atom is -0.491 e. The summed E-state index contributed by atoms with van der Waals surface area (Å²) in [7, 11) is 0. The van der Waals surface area contributed by atoms with Gasteiger partial charge in [0.15, 0.2) is 0 Å². The molecule has 2 rings (SSSR count). The van der Waals surface area contributed by atoms with Crippen LogP contribution in [0.15, 0.2) is 48.5 Å². The van der Waals surface area contributed by atoms with E-state index in [1.165, 1.54) is 0 Å². The van der Waals surface area contributed by atoms with Gasteiger partial charge >= 0.3 is 0 Å². The number of hydrogen-bond donors (Lipinski definition) is 2. The van der Waals surface area contributed by atoms with Crippen LogP contribution in [0, 0.1) is 5.92 Å². The molecule has 122 valence electrons. The van der Waals surface area contributed by atoms with Gasteiger partial charge < -0.3 is 15.4 Å². The number of para-hydroxylation sites is 3. The van der Waals surface area contributed by atoms with Crippen LogP contribution in [-0.2, 0) is 4.79 Å². The van der Waals surface area contributed by atoms with E-state index in [0.717, 1.165) is 11.4 Å². The molecule has 1 amide bonds. The molecule has 0 fully saturated rings. The van der Waals surface area contributed by atoms with Gasteiger partial charge in [0.25, 0.3) is 0 Å². The van der Waals surface area contributed by atoms with Crippen LogP contribution in [0.5, 0.6) is 5.75 Å². The Bertz CT molecular complexity index is 659. The van der Waals surface area contributed by atoms with Crippen molar-refractivity contribution in [2.75, 3.05) is 23.8 Å². The average Bonchev–Trinajstić information content (AvgIpc) is 2.54. The summed E-state index contributed by atoms with van der Waals surface area (Å²) in [6, 6.07) is 14.7. The van der Waals surface area contributed by atoms with E-state index in [4.69, 9.17) is 16.3 Å². The summed E-state index contributed by atoms with van der Waals surface area (Å²) in [4.78, 5) is 12.0. The Hall–Kier alpha value is -2.20. The number of nitrogens with one attached hydrogen (secondary N) is 2. The zero-order valence-electron chi connectivity index (χ0n) is 13.3. The SMILES string of the molecule is CC(C)COc1ccccc1NCC(=O)Nc1ccccc1Cl. The Morgan fingerprint density at radius 3 is 2.43 bits per heavy atom. The normalized spacial score (nSPS) is 10.4. The van der Waals surface area contributed by atoms with Gasteiger partial charge in [0.2, 0.25) is 5.91 Å². The predicted octanol–water partition coefficient (Wildman–Crippen LogP) is 4.43. The lowest BCUT2D eigenvalue weighted by atomic mass is 10.2. The van der Waals surface area contributed by atoms with Gasteiger partial charge in [0.1, 0.15) is 5.75 Å². The maximum absolute atomic E-state index is 12.0. The molecule has 0 spiro atoms. The molecule has 0 aliphatic rings. The first-order valence-electron chi connectivity index (χ1n) is 7.56. The first-order chi connectivity index (χ1) is 11.1. The summed E-state index contributed by atoms with van der Waals surface area (Å²) < 4.78 is 5.75. The number of hydrogen-bond acceptors (Lipinski definition) is 3. The van der Waals surface area contributed by atoms with Gasteiger partial charge in [-0.25, -0.2) is 0 Å². The topological polar surface area (TPSA) is 50.4 Å². The minimum atomic E-state index is -0.170. The number of anilines is 2. The molecule has 0 heterocycles. The largest absolute Gasteiger partial charge is 0.491 e. The van der Waals surface area contributed by atoms with Crippen LogP contribution in [0.4, 0.5) is 11.4 Å². The maximum atomic E-state index is 12.0. The van der Waals surface area contributed by atoms with Crippen molar-refractivity contribution in [3.8, 4) is 5.75 Å². The molecule has 0 saturated heterocycles. The van der Waals surface area contributed by atoms with E-state index in [1.807, 2.05) is 36.4 Å². The summed E-state index contributed by atoms with van der Waals surface area (Å²) in [5, 5.41) is 6.39. The highest BCUT2D eigenvalue weighted by molar-refractivity contribution is 6.33. The van der Waals surface area contributed by atoms with Gasteiger partial charge in [-0.3, -0.25) is 4.79 Å². The Kier molecular flexibility index (Phi) is 6.29. The first kappa shape index (κ1) is 17.2. The molecular formula is C18H21ClN2O2. The fourth-order valence-electron chi connectivity index (χ4n) is 1.93. The Balaban J connectivity index is 1.93. The van der Waals surface area contributed by atoms with Crippen LogP contribution in [0.2, 0.25) is 5.02 Å². The second-order valence-corrected chi connectivity index (χ2v) is 5.99. The van der Waals surface area contributed by atoms with E-state index in [2.05, 4.69) is 24.5 Å². The van der Waals surface area contributed by atoms with Crippen molar-refractivity contribution in [3.63, 3.8) is 0 Å². The zero-order chi connectivity index (χ0) is 16.7. The third-order valence-electron chi connectivity index (χ3n) is 3.05. The maximum Gasteiger partial charge on any atom is 0.243 e. The van der Waals surface area contributed by atoms with Crippen molar-refractivity contribution in [2.24, 2.45) is 5.92 Å². The van der Waals surface area contributed by atoms with Gasteiger partial charge in [-0.15, -0.1) is 0 Å². The molecule has 0 unspecified atom stereocenters. The van der Waals surface area contributed by atoms with E-state index >= 15 is 0 Å². The molecule has 0 atom stereocenters. The van der Waals surface area contributed by atoms with Crippen LogP contribution >= 0.6 is 11.6 Å². The minimum absolute atomic E-state index is 0.132. The van der Waals surface area contributed by atoms with Crippen molar-refractivity contribution < 1.29 is 9.53 Å². The highest BCUT2D eigenvalue weighted by Crippen LogP contribution is 2.24. The molecule has 23 heavy (non-hydrogen) atoms. The number of rotatable bonds is 7. The molecule has 2 N–H and O–H groups in total. The summed E-state index contributed by atoms with van der Waals surface area (Å²) in [5.74, 6) is 1.01. The molecule has 0 aromatic heterocycles. The Labute approximate surface area is 141 Å². The highest BCUT2D eigenvalue weighted by atomic mass is 35.5. The average molecular weight is 333 g/mol. The molecule has 0 bridgehead atoms. The van der Waals surface area contributed by atoms with Crippen LogP contribution in [0.1, 0.15) is 13.8 Å². The van der Waals surface area contributed by atoms with Gasteiger partial charge in [0, 0.05) is 0 Å². The van der Waals surface area contributed by atoms with E-state index in [1.54, 1.807) is 12.1 Å². The summed E-state index contributed by atoms with van der Waals surface area (Å²) in [6.45, 7) is 4.94. The number of halogens is 1. The number of benzene rings is 2. The molecule has 2 aromatic rings. The molecule has 4 nitrogen and oxygen atoms in total. The lowest BCUT2D eigenvalue weighted by Gasteiger charge is -2.14. The second kappa shape index (κ2) is 8.44. The number of carbonyl (C=O) groups excluding carboxylic acids is 1. The van der Waals surface area contributed by atoms with Gasteiger partial charge in [0.05, 0.1) is 29.5 Å². The fourth-order valence-corrected chi connectivity index (χ4v) is 2.11. The molecule has 0 saturated carbocycles. The number of amides is 1. The summed E-state index contributed by atoms with van der Waals surface area (Å²) in [5.41, 5.74) is 1.40. The fraction of sp³-hybridized carbons (Fsp3) is 0.278. The lowest BCUT2D eigenvalue weighted by Crippen LogP contribution is -2.22. The molecule has 5 heteroatoms. The van der Waals surface area contributed by atoms with Crippen molar-refractivity contribution in [1.82, 2.24) is 0 Å². The quantitative estimate of drug-likeness (QED) is 0.788. The van der Waals surface area contributed by atoms with Crippen molar-refractivity contribution in [2.45, 2.75) is 13.8 Å². The monoisotopic (exact) mass is 332 g/mol. The predicted molar refractivity (Wildman–Crippen MR) is 95.3 cm³/mol. The summed E-state index contributed by atoms with van der Waals surface area (Å²) >= 11 is 6.03. The number of ether oxygens (including phenoxy) is 1. The molecule has 2 aromatic carbocycles. The summed E-state index contributed by atoms with van der Waals surface area (Å²) in [6.07, 6.45) is 0. The van der Waals surface area contributed by atoms with Crippen LogP contribution in [0.3, 0.4) is 0 Å². The van der Waals surface area contributed by atoms with Crippen molar-refractivity contribution in [1.29, 1.82) is 0 Å². The van der Waals surface area contributed by atoms with E-state index in [9.17, 15) is 4.79 Å². The zero-order valence-corrected chi connectivity index (χ0v) is 14.1. The van der Waals surface area contributed by atoms with Crippen molar-refractivity contribution >= 4 is 28.9 Å². The Morgan fingerprint density at radius 1 is 1.09 bits per heavy atom. The second-order valence-electron chi connectivity index (χ2n) is 5.58. The molecule has 0 aliphatic carbocycles. The van der Waals surface area contributed by atoms with E-state index in [0.29, 0.717) is 23.2 Å². The van der Waals surface area contributed by atoms with Gasteiger partial charge in [-0.05, 0) is 30.2 Å². The van der Waals surface area contributed by atoms with Gasteiger partial charge in [-0.1, -0.05) is 49.7 Å². The van der Waals surface area contributed by atoms with Crippen molar-refractivity contribution in [3.05, 3.63) is 53.6 Å². The highest BCUT2D eigenvalue weighted by Gasteiger charge is 2.08. The Morgan fingerprint density at radius 2 is 1.74 bits per heavy atom. The third kappa shape index (κ3) is 5.49.